The van der Waals surface area contributed by atoms with Crippen LogP contribution in [-0.2, 0) is 34.0 Å². The number of allylic oxidation sites excluding steroid dienone is 6. The highest BCUT2D eigenvalue weighted by Gasteiger charge is 2.33. The number of nitrogens with zero attached hydrogens (tertiary/aromatic N) is 20. The van der Waals surface area contributed by atoms with E-state index in [0.29, 0.717) is 148 Å². The van der Waals surface area contributed by atoms with Crippen LogP contribution in [0.5, 0.6) is 17.2 Å². The molecule has 1 aliphatic carbocycles. The van der Waals surface area contributed by atoms with E-state index in [4.69, 9.17) is 29.2 Å². The molecule has 9 aliphatic rings. The molecule has 2 saturated heterocycles. The van der Waals surface area contributed by atoms with Gasteiger partial charge in [0.1, 0.15) is 33.4 Å². The molecule has 0 spiro atoms. The van der Waals surface area contributed by atoms with Gasteiger partial charge < -0.3 is 68.4 Å². The van der Waals surface area contributed by atoms with E-state index in [1.165, 1.54) is 54.0 Å². The first kappa shape index (κ1) is 81.1. The summed E-state index contributed by atoms with van der Waals surface area (Å²) < 4.78 is 34.8. The van der Waals surface area contributed by atoms with E-state index >= 15 is 0 Å². The predicted octanol–water partition coefficient (Wildman–Crippen LogP) is 14.7. The van der Waals surface area contributed by atoms with E-state index in [9.17, 15) is 28.8 Å². The molecule has 660 valence electrons. The van der Waals surface area contributed by atoms with Crippen molar-refractivity contribution in [3.05, 3.63) is 232 Å². The number of hydrogen-bond acceptors (Lipinski definition) is 20. The number of likely N-dealkylation sites (N-methyl/N-ethyl adjacent to an activating group) is 1. The summed E-state index contributed by atoms with van der Waals surface area (Å²) >= 11 is 0. The maximum atomic E-state index is 13.6. The van der Waals surface area contributed by atoms with Crippen molar-refractivity contribution in [3.8, 4) is 34.3 Å². The first-order valence-electron chi connectivity index (χ1n) is 45.3. The van der Waals surface area contributed by atoms with Crippen LogP contribution in [0.3, 0.4) is 0 Å². The summed E-state index contributed by atoms with van der Waals surface area (Å²) in [6, 6.07) is 44.0. The standard InChI is InChI=1S/C33H34N8O3.C33H33N7O3.C32H32N8O3/c1-37-15-11-24(12-16-37)38-17-10-22-18-23(6-8-27(22)38)35-33-34-20-26-31(36-33)41-25-7-9-29-28(19-25)39(30(42)21-44-29)13-4-2-3-5-14-40(41)32(26)43;41-30-21-43-29-13-11-25-19-28(29)38(30)15-6-1-2-7-16-39-32(42)26-20-34-33(36-31(26)40(25)39)35-23-10-12-27-22(18-23)14-17-37(27)24-8-4-3-5-9-24;1-36-14-11-24(19-36)37-15-10-21-16-22(6-8-26(21)37)34-32-33-18-25-30(35-32)40-23-7-9-28-27(17-23)38(29(41)20-43-28)12-4-2-3-5-13-39(40)31(25)42/h3,5-10,17-20,24H,2,4,11-16,21H2,1H3,(H,34,35,36);2,7,10-14,17-20,24H,1,3-6,8-9,15-16,21H2,(H,34,35,36);3,5-10,15-18,24H,2,4,11-14,19-20H2,1H3,(H,33,34,35). The maximum absolute atomic E-state index is 13.6. The van der Waals surface area contributed by atoms with Gasteiger partial charge in [-0.3, -0.25) is 28.8 Å². The Balaban J connectivity index is 0.000000114. The zero-order valence-corrected chi connectivity index (χ0v) is 72.5. The van der Waals surface area contributed by atoms with E-state index in [0.717, 1.165) is 123 Å². The Hall–Kier alpha value is -14.7. The summed E-state index contributed by atoms with van der Waals surface area (Å²) in [5.41, 5.74) is 11.5. The van der Waals surface area contributed by atoms with Gasteiger partial charge in [0.2, 0.25) is 17.8 Å². The lowest BCUT2D eigenvalue weighted by molar-refractivity contribution is -0.122. The van der Waals surface area contributed by atoms with Crippen LogP contribution in [-0.4, -0.2) is 179 Å². The third-order valence-corrected chi connectivity index (χ3v) is 26.7. The first-order chi connectivity index (χ1) is 63.7. The number of carbonyl (C=O) groups is 3. The van der Waals surface area contributed by atoms with E-state index in [1.807, 2.05) is 92.9 Å². The van der Waals surface area contributed by atoms with Crippen LogP contribution in [0.1, 0.15) is 108 Å². The number of nitrogens with one attached hydrogen (secondary N) is 3. The summed E-state index contributed by atoms with van der Waals surface area (Å²) in [6.45, 7) is 7.44. The van der Waals surface area contributed by atoms with Crippen molar-refractivity contribution in [1.82, 2.24) is 81.5 Å². The van der Waals surface area contributed by atoms with Gasteiger partial charge in [-0.1, -0.05) is 55.7 Å². The Morgan fingerprint density at radius 2 is 0.692 bits per heavy atom. The van der Waals surface area contributed by atoms with Crippen molar-refractivity contribution in [2.24, 2.45) is 0 Å². The van der Waals surface area contributed by atoms with Gasteiger partial charge in [0, 0.05) is 131 Å². The van der Waals surface area contributed by atoms with Gasteiger partial charge in [0.25, 0.3) is 34.4 Å². The minimum Gasteiger partial charge on any atom is -0.482 e. The molecule has 32 nitrogen and oxygen atoms in total. The van der Waals surface area contributed by atoms with E-state index in [-0.39, 0.29) is 54.2 Å². The van der Waals surface area contributed by atoms with Gasteiger partial charge in [0.05, 0.1) is 53.8 Å². The predicted molar refractivity (Wildman–Crippen MR) is 503 cm³/mol. The molecular weight excluding hydrogens is 1640 g/mol. The molecular formula is C98H99N23O9. The Bertz CT molecular complexity index is 7030. The summed E-state index contributed by atoms with van der Waals surface area (Å²) in [7, 11) is 4.35. The molecule has 1 atom stereocenters. The number of amides is 3. The Morgan fingerprint density at radius 3 is 1.05 bits per heavy atom. The number of anilines is 9. The van der Waals surface area contributed by atoms with Gasteiger partial charge >= 0.3 is 0 Å². The number of hydrogen-bond donors (Lipinski definition) is 3. The second-order valence-corrected chi connectivity index (χ2v) is 35.1. The Kier molecular flexibility index (Phi) is 21.3. The van der Waals surface area contributed by atoms with Crippen molar-refractivity contribution in [2.75, 3.05) is 110 Å². The van der Waals surface area contributed by atoms with Crippen LogP contribution in [0.2, 0.25) is 0 Å². The highest BCUT2D eigenvalue weighted by Crippen LogP contribution is 2.42. The van der Waals surface area contributed by atoms with Crippen LogP contribution >= 0.6 is 0 Å². The topological polar surface area (TPSA) is 304 Å². The van der Waals surface area contributed by atoms with E-state index in [1.54, 1.807) is 47.3 Å². The number of aromatic nitrogens is 15. The molecule has 3 N–H and O–H groups in total. The van der Waals surface area contributed by atoms with Crippen LogP contribution in [0.25, 0.3) is 82.9 Å². The maximum Gasteiger partial charge on any atom is 0.278 e. The lowest BCUT2D eigenvalue weighted by Gasteiger charge is -2.30. The van der Waals surface area contributed by atoms with Gasteiger partial charge in [-0.2, -0.15) is 15.0 Å². The number of fused-ring (bicyclic) bond motifs is 18. The molecule has 6 aromatic carbocycles. The molecule has 1 unspecified atom stereocenters. The highest BCUT2D eigenvalue weighted by molar-refractivity contribution is 6.01. The van der Waals surface area contributed by atoms with Crippen LogP contribution in [0, 0.1) is 0 Å². The van der Waals surface area contributed by atoms with Crippen LogP contribution in [0.15, 0.2) is 215 Å². The summed E-state index contributed by atoms with van der Waals surface area (Å²) in [4.78, 5) is 117. The number of likely N-dealkylation sites (tertiary alicyclic amines) is 2. The van der Waals surface area contributed by atoms with Crippen molar-refractivity contribution in [1.29, 1.82) is 0 Å². The van der Waals surface area contributed by atoms with Gasteiger partial charge in [-0.05, 0) is 232 Å². The highest BCUT2D eigenvalue weighted by atomic mass is 16.5. The molecule has 3 fully saturated rings. The van der Waals surface area contributed by atoms with Crippen molar-refractivity contribution >= 4 is 135 Å². The number of benzene rings is 6. The molecule has 17 heterocycles. The summed E-state index contributed by atoms with van der Waals surface area (Å²) in [5.74, 6) is 2.95. The van der Waals surface area contributed by atoms with E-state index in [2.05, 4.69) is 172 Å². The zero-order chi connectivity index (χ0) is 87.8. The second kappa shape index (κ2) is 34.2. The molecule has 32 heteroatoms. The fourth-order valence-corrected chi connectivity index (χ4v) is 20.1. The van der Waals surface area contributed by atoms with Gasteiger partial charge in [0.15, 0.2) is 36.8 Å². The SMILES string of the molecule is CN1CCC(n2ccc3cc(Nc4ncc5c(=O)n6n(c5n4)-c4ccc5c(c4)N(CCCC=CC6)C(=O)CO5)ccc32)C1.CN1CCC(n2ccc3cc(Nc4ncc5c(=O)n6n(c5n4)-c4ccc5c(c4)N(CCCC=CC6)C(=O)CO5)ccc32)CC1.O=C1COc2ccc3cc2N1CCCC=CCn1c(=O)c2cnc(Nc4ccc5c(ccn5C5CCCCC5)c4)nc2n1-3. The minimum absolute atomic E-state index is 0.0238. The Labute approximate surface area is 746 Å². The molecule has 8 aliphatic heterocycles. The summed E-state index contributed by atoms with van der Waals surface area (Å²) in [5, 5.41) is 14.8. The van der Waals surface area contributed by atoms with Gasteiger partial charge in [-0.15, -0.1) is 0 Å². The molecule has 9 aromatic heterocycles. The monoisotopic (exact) mass is 1740 g/mol. The average Bonchev–Trinajstić information content (AvgIpc) is 1.57. The fraction of sp³-hybridized carbons (Fsp3) is 0.327. The quantitative estimate of drug-likeness (QED) is 0.113. The smallest absolute Gasteiger partial charge is 0.278 e. The largest absolute Gasteiger partial charge is 0.482 e. The third kappa shape index (κ3) is 15.2. The third-order valence-electron chi connectivity index (χ3n) is 26.7. The molecule has 130 heavy (non-hydrogen) atoms. The Morgan fingerprint density at radius 1 is 0.346 bits per heavy atom. The van der Waals surface area contributed by atoms with Crippen molar-refractivity contribution < 1.29 is 28.6 Å². The lowest BCUT2D eigenvalue weighted by atomic mass is 9.95. The summed E-state index contributed by atoms with van der Waals surface area (Å²) in [6.07, 6.45) is 38.2. The zero-order valence-electron chi connectivity index (χ0n) is 72.5. The number of ether oxygens (including phenoxy) is 3. The molecule has 6 bridgehead atoms. The lowest BCUT2D eigenvalue weighted by Crippen LogP contribution is -2.39. The first-order valence-corrected chi connectivity index (χ1v) is 45.3. The van der Waals surface area contributed by atoms with Crippen molar-refractivity contribution in [2.45, 2.75) is 128 Å². The van der Waals surface area contributed by atoms with Gasteiger partial charge in [-0.25, -0.2) is 43.0 Å². The number of piperidine rings is 1. The average molecular weight is 1740 g/mol. The molecule has 0 radical (unpaired) electrons. The molecule has 1 saturated carbocycles. The fourth-order valence-electron chi connectivity index (χ4n) is 20.1. The number of carbonyl (C=O) groups excluding carboxylic acids is 3. The van der Waals surface area contributed by atoms with Crippen molar-refractivity contribution in [3.63, 3.8) is 0 Å². The molecule has 3 amide bonds. The normalized spacial score (nSPS) is 18.0. The van der Waals surface area contributed by atoms with E-state index < -0.39 is 0 Å². The molecule has 15 aromatic rings. The van der Waals surface area contributed by atoms with Crippen LogP contribution < -0.4 is 61.5 Å². The minimum atomic E-state index is -0.175. The number of rotatable bonds is 9. The molecule has 24 rings (SSSR count). The van der Waals surface area contributed by atoms with Crippen LogP contribution in [0.4, 0.5) is 52.0 Å². The second-order valence-electron chi connectivity index (χ2n) is 35.1.